The van der Waals surface area contributed by atoms with Gasteiger partial charge in [-0.25, -0.2) is 4.79 Å². The maximum atomic E-state index is 11.4. The summed E-state index contributed by atoms with van der Waals surface area (Å²) >= 11 is 0. The molecule has 0 fully saturated rings. The largest absolute Gasteiger partial charge is 0.497 e. The predicted octanol–water partition coefficient (Wildman–Crippen LogP) is 0.756. The number of methoxy groups -OCH3 is 1. The van der Waals surface area contributed by atoms with Crippen molar-refractivity contribution in [1.29, 1.82) is 0 Å². The fourth-order valence-electron chi connectivity index (χ4n) is 1.51. The summed E-state index contributed by atoms with van der Waals surface area (Å²) in [5.74, 6) is 0.839. The Balaban J connectivity index is 2.22. The molecule has 5 heteroatoms. The molecule has 0 spiro atoms. The SMILES string of the molecule is CNCCNC(=O)NCCc1cccc(OC)c1. The van der Waals surface area contributed by atoms with Crippen molar-refractivity contribution in [1.82, 2.24) is 16.0 Å². The number of carbonyl (C=O) groups is 1. The molecule has 0 bridgehead atoms. The van der Waals surface area contributed by atoms with E-state index in [0.717, 1.165) is 24.3 Å². The van der Waals surface area contributed by atoms with Crippen molar-refractivity contribution in [2.75, 3.05) is 33.8 Å². The van der Waals surface area contributed by atoms with Crippen LogP contribution in [0.2, 0.25) is 0 Å². The smallest absolute Gasteiger partial charge is 0.314 e. The van der Waals surface area contributed by atoms with Crippen LogP contribution in [-0.2, 0) is 6.42 Å². The monoisotopic (exact) mass is 251 g/mol. The van der Waals surface area contributed by atoms with Crippen LogP contribution < -0.4 is 20.7 Å². The fraction of sp³-hybridized carbons (Fsp3) is 0.462. The lowest BCUT2D eigenvalue weighted by atomic mass is 10.1. The molecule has 100 valence electrons. The van der Waals surface area contributed by atoms with Crippen LogP contribution in [0.5, 0.6) is 5.75 Å². The topological polar surface area (TPSA) is 62.4 Å². The molecule has 0 aliphatic rings. The summed E-state index contributed by atoms with van der Waals surface area (Å²) in [6.07, 6.45) is 0.788. The Morgan fingerprint density at radius 3 is 2.72 bits per heavy atom. The van der Waals surface area contributed by atoms with E-state index in [0.29, 0.717) is 13.1 Å². The van der Waals surface area contributed by atoms with Crippen molar-refractivity contribution in [3.05, 3.63) is 29.8 Å². The van der Waals surface area contributed by atoms with Crippen molar-refractivity contribution < 1.29 is 9.53 Å². The number of hydrogen-bond acceptors (Lipinski definition) is 3. The first kappa shape index (κ1) is 14.3. The van der Waals surface area contributed by atoms with E-state index in [9.17, 15) is 4.79 Å². The Hall–Kier alpha value is -1.75. The van der Waals surface area contributed by atoms with Crippen molar-refractivity contribution in [2.24, 2.45) is 0 Å². The third-order valence-corrected chi connectivity index (χ3v) is 2.49. The zero-order chi connectivity index (χ0) is 13.2. The van der Waals surface area contributed by atoms with Crippen LogP contribution in [0.25, 0.3) is 0 Å². The minimum absolute atomic E-state index is 0.131. The predicted molar refractivity (Wildman–Crippen MR) is 72.0 cm³/mol. The number of rotatable bonds is 7. The Bertz CT molecular complexity index is 369. The number of amides is 2. The second kappa shape index (κ2) is 8.36. The van der Waals surface area contributed by atoms with E-state index in [2.05, 4.69) is 16.0 Å². The second-order valence-corrected chi connectivity index (χ2v) is 3.89. The summed E-state index contributed by atoms with van der Waals surface area (Å²) in [7, 11) is 3.49. The quantitative estimate of drug-likeness (QED) is 0.627. The molecule has 3 N–H and O–H groups in total. The second-order valence-electron chi connectivity index (χ2n) is 3.89. The molecule has 0 aliphatic heterocycles. The molecule has 1 rings (SSSR count). The number of benzene rings is 1. The minimum Gasteiger partial charge on any atom is -0.497 e. The molecule has 0 aliphatic carbocycles. The van der Waals surface area contributed by atoms with E-state index in [4.69, 9.17) is 4.74 Å². The Kier molecular flexibility index (Phi) is 6.64. The normalized spacial score (nSPS) is 9.89. The zero-order valence-electron chi connectivity index (χ0n) is 11.0. The van der Waals surface area contributed by atoms with Crippen molar-refractivity contribution >= 4 is 6.03 Å². The Morgan fingerprint density at radius 2 is 2.00 bits per heavy atom. The highest BCUT2D eigenvalue weighted by molar-refractivity contribution is 5.73. The van der Waals surface area contributed by atoms with Crippen LogP contribution in [-0.4, -0.2) is 39.8 Å². The first-order chi connectivity index (χ1) is 8.76. The third kappa shape index (κ3) is 5.54. The van der Waals surface area contributed by atoms with Gasteiger partial charge in [-0.05, 0) is 31.2 Å². The number of hydrogen-bond donors (Lipinski definition) is 3. The van der Waals surface area contributed by atoms with Gasteiger partial charge in [0.25, 0.3) is 0 Å². The highest BCUT2D eigenvalue weighted by Gasteiger charge is 1.99. The molecular formula is C13H21N3O2. The van der Waals surface area contributed by atoms with E-state index < -0.39 is 0 Å². The van der Waals surface area contributed by atoms with Crippen molar-refractivity contribution in [2.45, 2.75) is 6.42 Å². The van der Waals surface area contributed by atoms with Crippen LogP contribution in [0.1, 0.15) is 5.56 Å². The lowest BCUT2D eigenvalue weighted by molar-refractivity contribution is 0.241. The zero-order valence-corrected chi connectivity index (χ0v) is 11.0. The van der Waals surface area contributed by atoms with Gasteiger partial charge in [-0.3, -0.25) is 0 Å². The third-order valence-electron chi connectivity index (χ3n) is 2.49. The van der Waals surface area contributed by atoms with Gasteiger partial charge < -0.3 is 20.7 Å². The van der Waals surface area contributed by atoms with Crippen molar-refractivity contribution in [3.8, 4) is 5.75 Å². The van der Waals surface area contributed by atoms with Crippen LogP contribution in [0.4, 0.5) is 4.79 Å². The number of ether oxygens (including phenoxy) is 1. The van der Waals surface area contributed by atoms with E-state index in [1.165, 1.54) is 0 Å². The molecular weight excluding hydrogens is 230 g/mol. The van der Waals surface area contributed by atoms with Crippen LogP contribution in [0.3, 0.4) is 0 Å². The van der Waals surface area contributed by atoms with Gasteiger partial charge in [0.1, 0.15) is 5.75 Å². The Morgan fingerprint density at radius 1 is 1.22 bits per heavy atom. The molecule has 0 unspecified atom stereocenters. The summed E-state index contributed by atoms with van der Waals surface area (Å²) in [4.78, 5) is 11.4. The minimum atomic E-state index is -0.131. The van der Waals surface area contributed by atoms with Gasteiger partial charge >= 0.3 is 6.03 Å². The summed E-state index contributed by atoms with van der Waals surface area (Å²) in [6, 6.07) is 7.71. The molecule has 0 saturated carbocycles. The van der Waals surface area contributed by atoms with Gasteiger partial charge in [0.15, 0.2) is 0 Å². The number of urea groups is 1. The van der Waals surface area contributed by atoms with Crippen LogP contribution >= 0.6 is 0 Å². The molecule has 0 radical (unpaired) electrons. The highest BCUT2D eigenvalue weighted by Crippen LogP contribution is 2.12. The lowest BCUT2D eigenvalue weighted by Gasteiger charge is -2.08. The Labute approximate surface area is 108 Å². The number of carbonyl (C=O) groups excluding carboxylic acids is 1. The first-order valence-corrected chi connectivity index (χ1v) is 6.05. The molecule has 0 saturated heterocycles. The number of likely N-dealkylation sites (N-methyl/N-ethyl adjacent to an activating group) is 1. The van der Waals surface area contributed by atoms with Gasteiger partial charge in [0.05, 0.1) is 7.11 Å². The van der Waals surface area contributed by atoms with E-state index in [-0.39, 0.29) is 6.03 Å². The van der Waals surface area contributed by atoms with E-state index in [1.54, 1.807) is 7.11 Å². The average molecular weight is 251 g/mol. The standard InChI is InChI=1S/C13H21N3O2/c1-14-8-9-16-13(17)15-7-6-11-4-3-5-12(10-11)18-2/h3-5,10,14H,6-9H2,1-2H3,(H2,15,16,17). The lowest BCUT2D eigenvalue weighted by Crippen LogP contribution is -2.39. The van der Waals surface area contributed by atoms with Crippen molar-refractivity contribution in [3.63, 3.8) is 0 Å². The number of nitrogens with one attached hydrogen (secondary N) is 3. The van der Waals surface area contributed by atoms with Crippen LogP contribution in [0.15, 0.2) is 24.3 Å². The van der Waals surface area contributed by atoms with E-state index in [1.807, 2.05) is 31.3 Å². The van der Waals surface area contributed by atoms with Crippen LogP contribution in [0, 0.1) is 0 Å². The average Bonchev–Trinajstić information content (AvgIpc) is 2.39. The molecule has 5 nitrogen and oxygen atoms in total. The molecule has 18 heavy (non-hydrogen) atoms. The van der Waals surface area contributed by atoms with Gasteiger partial charge in [-0.2, -0.15) is 0 Å². The molecule has 1 aromatic carbocycles. The summed E-state index contributed by atoms with van der Waals surface area (Å²) in [5, 5.41) is 8.53. The molecule has 2 amide bonds. The maximum Gasteiger partial charge on any atom is 0.314 e. The molecule has 0 atom stereocenters. The molecule has 0 aromatic heterocycles. The maximum absolute atomic E-state index is 11.4. The summed E-state index contributed by atoms with van der Waals surface area (Å²) in [6.45, 7) is 2.00. The van der Waals surface area contributed by atoms with Gasteiger partial charge in [-0.15, -0.1) is 0 Å². The molecule has 1 aromatic rings. The fourth-order valence-corrected chi connectivity index (χ4v) is 1.51. The van der Waals surface area contributed by atoms with Gasteiger partial charge in [0, 0.05) is 19.6 Å². The molecule has 0 heterocycles. The van der Waals surface area contributed by atoms with Gasteiger partial charge in [-0.1, -0.05) is 12.1 Å². The highest BCUT2D eigenvalue weighted by atomic mass is 16.5. The van der Waals surface area contributed by atoms with E-state index >= 15 is 0 Å². The first-order valence-electron chi connectivity index (χ1n) is 6.05. The summed E-state index contributed by atoms with van der Waals surface area (Å²) in [5.41, 5.74) is 1.14. The van der Waals surface area contributed by atoms with Gasteiger partial charge in [0.2, 0.25) is 0 Å². The summed E-state index contributed by atoms with van der Waals surface area (Å²) < 4.78 is 5.14.